The summed E-state index contributed by atoms with van der Waals surface area (Å²) >= 11 is 0. The third-order valence-corrected chi connectivity index (χ3v) is 9.98. The van der Waals surface area contributed by atoms with Gasteiger partial charge in [-0.1, -0.05) is 146 Å². The fourth-order valence-corrected chi connectivity index (χ4v) is 7.70. The summed E-state index contributed by atoms with van der Waals surface area (Å²) in [7, 11) is 0. The highest BCUT2D eigenvalue weighted by molar-refractivity contribution is 6.27. The third kappa shape index (κ3) is 4.74. The topological polar surface area (TPSA) is 21.3 Å². The summed E-state index contributed by atoms with van der Waals surface area (Å²) in [6.07, 6.45) is 0. The maximum absolute atomic E-state index is 6.82. The van der Waals surface area contributed by atoms with Crippen LogP contribution in [-0.2, 0) is 0 Å². The fraction of sp³-hybridized carbons (Fsp3) is 0. The first-order valence-corrected chi connectivity index (χ1v) is 17.4. The minimum absolute atomic E-state index is 0.874. The molecule has 10 aromatic rings. The first-order valence-electron chi connectivity index (χ1n) is 17.4. The molecule has 3 heteroatoms. The van der Waals surface area contributed by atoms with Crippen LogP contribution in [0.2, 0.25) is 0 Å². The van der Waals surface area contributed by atoms with Crippen molar-refractivity contribution in [2.75, 3.05) is 4.90 Å². The van der Waals surface area contributed by atoms with Crippen molar-refractivity contribution in [2.24, 2.45) is 0 Å². The van der Waals surface area contributed by atoms with E-state index >= 15 is 0 Å². The first-order chi connectivity index (χ1) is 25.3. The van der Waals surface area contributed by atoms with Gasteiger partial charge in [0.05, 0.1) is 22.4 Å². The number of hydrogen-bond acceptors (Lipinski definition) is 2. The van der Waals surface area contributed by atoms with Crippen LogP contribution in [0.1, 0.15) is 0 Å². The van der Waals surface area contributed by atoms with Gasteiger partial charge in [0.25, 0.3) is 0 Å². The lowest BCUT2D eigenvalue weighted by Gasteiger charge is -2.29. The predicted molar refractivity (Wildman–Crippen MR) is 214 cm³/mol. The second kappa shape index (κ2) is 11.9. The number of benzene rings is 8. The third-order valence-electron chi connectivity index (χ3n) is 9.98. The quantitative estimate of drug-likeness (QED) is 0.178. The van der Waals surface area contributed by atoms with Crippen molar-refractivity contribution in [1.82, 2.24) is 4.57 Å². The Morgan fingerprint density at radius 2 is 1.02 bits per heavy atom. The van der Waals surface area contributed by atoms with E-state index in [-0.39, 0.29) is 0 Å². The maximum Gasteiger partial charge on any atom is 0.160 e. The molecule has 240 valence electrons. The minimum Gasteiger partial charge on any atom is -0.454 e. The Hall–Kier alpha value is -6.84. The van der Waals surface area contributed by atoms with Gasteiger partial charge in [-0.15, -0.1) is 0 Å². The molecule has 0 spiro atoms. The van der Waals surface area contributed by atoms with Gasteiger partial charge in [0, 0.05) is 38.5 Å². The molecule has 0 bridgehead atoms. The van der Waals surface area contributed by atoms with E-state index < -0.39 is 0 Å². The summed E-state index contributed by atoms with van der Waals surface area (Å²) < 4.78 is 9.20. The largest absolute Gasteiger partial charge is 0.454 e. The molecule has 0 aliphatic rings. The van der Waals surface area contributed by atoms with E-state index in [1.165, 1.54) is 11.1 Å². The molecule has 0 amide bonds. The number of fused-ring (bicyclic) bond motifs is 7. The molecule has 2 heterocycles. The number of rotatable bonds is 6. The van der Waals surface area contributed by atoms with Crippen molar-refractivity contribution < 1.29 is 4.42 Å². The summed E-state index contributed by atoms with van der Waals surface area (Å²) in [5.74, 6) is 0. The predicted octanol–water partition coefficient (Wildman–Crippen LogP) is 13.5. The first kappa shape index (κ1) is 29.1. The van der Waals surface area contributed by atoms with Crippen LogP contribution < -0.4 is 4.90 Å². The summed E-state index contributed by atoms with van der Waals surface area (Å²) in [4.78, 5) is 2.45. The van der Waals surface area contributed by atoms with Gasteiger partial charge in [-0.25, -0.2) is 0 Å². The Bertz CT molecular complexity index is 2830. The van der Waals surface area contributed by atoms with Gasteiger partial charge >= 0.3 is 0 Å². The lowest BCUT2D eigenvalue weighted by atomic mass is 9.99. The molecular weight excluding hydrogens is 621 g/mol. The summed E-state index contributed by atoms with van der Waals surface area (Å²) in [6, 6.07) is 69.1. The molecule has 0 aliphatic heterocycles. The highest BCUT2D eigenvalue weighted by Crippen LogP contribution is 2.50. The lowest BCUT2D eigenvalue weighted by molar-refractivity contribution is 0.671. The Balaban J connectivity index is 1.36. The highest BCUT2D eigenvalue weighted by Gasteiger charge is 2.27. The molecule has 0 unspecified atom stereocenters. The van der Waals surface area contributed by atoms with Crippen LogP contribution in [0.15, 0.2) is 199 Å². The van der Waals surface area contributed by atoms with Crippen molar-refractivity contribution in [3.8, 4) is 27.9 Å². The van der Waals surface area contributed by atoms with Crippen molar-refractivity contribution in [3.63, 3.8) is 0 Å². The van der Waals surface area contributed by atoms with Gasteiger partial charge in [0.15, 0.2) is 5.58 Å². The Morgan fingerprint density at radius 1 is 0.431 bits per heavy atom. The van der Waals surface area contributed by atoms with E-state index in [2.05, 4.69) is 198 Å². The zero-order valence-corrected chi connectivity index (χ0v) is 27.8. The fourth-order valence-electron chi connectivity index (χ4n) is 7.70. The van der Waals surface area contributed by atoms with E-state index in [4.69, 9.17) is 4.42 Å². The number of furan rings is 1. The van der Waals surface area contributed by atoms with Crippen LogP contribution in [0.5, 0.6) is 0 Å². The van der Waals surface area contributed by atoms with Crippen molar-refractivity contribution >= 4 is 60.8 Å². The number of aromatic nitrogens is 1. The number of hydrogen-bond donors (Lipinski definition) is 0. The second-order valence-corrected chi connectivity index (χ2v) is 12.9. The molecule has 2 aromatic heterocycles. The number of para-hydroxylation sites is 4. The average molecular weight is 653 g/mol. The zero-order valence-electron chi connectivity index (χ0n) is 27.8. The van der Waals surface area contributed by atoms with Crippen LogP contribution in [-0.4, -0.2) is 4.57 Å². The normalized spacial score (nSPS) is 11.5. The molecule has 8 aromatic carbocycles. The maximum atomic E-state index is 6.82. The van der Waals surface area contributed by atoms with Crippen molar-refractivity contribution in [2.45, 2.75) is 0 Å². The molecule has 51 heavy (non-hydrogen) atoms. The summed E-state index contributed by atoms with van der Waals surface area (Å²) in [6.45, 7) is 0. The molecule has 3 nitrogen and oxygen atoms in total. The molecule has 0 fully saturated rings. The van der Waals surface area contributed by atoms with Crippen LogP contribution in [0, 0.1) is 0 Å². The molecule has 0 aliphatic carbocycles. The summed E-state index contributed by atoms with van der Waals surface area (Å²) in [5.41, 5.74) is 13.0. The lowest BCUT2D eigenvalue weighted by Crippen LogP contribution is -2.12. The molecule has 0 saturated carbocycles. The van der Waals surface area contributed by atoms with Crippen molar-refractivity contribution in [1.29, 1.82) is 0 Å². The van der Waals surface area contributed by atoms with Gasteiger partial charge in [0.1, 0.15) is 5.58 Å². The van der Waals surface area contributed by atoms with E-state index in [0.717, 1.165) is 77.6 Å². The number of nitrogens with zero attached hydrogens (tertiary/aromatic N) is 2. The molecule has 0 N–H and O–H groups in total. The van der Waals surface area contributed by atoms with Gasteiger partial charge in [-0.3, -0.25) is 0 Å². The smallest absolute Gasteiger partial charge is 0.160 e. The van der Waals surface area contributed by atoms with Gasteiger partial charge in [0.2, 0.25) is 0 Å². The average Bonchev–Trinajstić information content (AvgIpc) is 3.76. The van der Waals surface area contributed by atoms with Crippen LogP contribution in [0.25, 0.3) is 71.7 Å². The van der Waals surface area contributed by atoms with Gasteiger partial charge < -0.3 is 13.9 Å². The van der Waals surface area contributed by atoms with E-state index in [0.29, 0.717) is 0 Å². The van der Waals surface area contributed by atoms with Gasteiger partial charge in [-0.2, -0.15) is 0 Å². The molecule has 0 saturated heterocycles. The molecular formula is C48H32N2O. The monoisotopic (exact) mass is 652 g/mol. The molecule has 10 rings (SSSR count). The van der Waals surface area contributed by atoms with Crippen molar-refractivity contribution in [3.05, 3.63) is 194 Å². The molecule has 0 radical (unpaired) electrons. The SMILES string of the molecule is c1ccc(-c2ccc(N(c3ccccc3-c3ccccc3)c3cc4c5ccccc5oc4c4c3c3ccccc3n4-c3ccccc3)cc2)cc1. The van der Waals surface area contributed by atoms with E-state index in [1.807, 2.05) is 6.07 Å². The Labute approximate surface area is 295 Å². The van der Waals surface area contributed by atoms with Crippen LogP contribution in [0.3, 0.4) is 0 Å². The van der Waals surface area contributed by atoms with Crippen LogP contribution >= 0.6 is 0 Å². The molecule has 0 atom stereocenters. The van der Waals surface area contributed by atoms with E-state index in [9.17, 15) is 0 Å². The standard InChI is InChI=1S/C48H32N2O/c1-4-16-33(17-5-1)34-28-30-37(31-29-34)49(42-25-13-10-22-38(42)35-18-6-2-7-19-35)44-32-41-39-23-12-15-27-45(39)51-48(41)47-46(44)40-24-11-14-26-43(40)50(47)36-20-8-3-9-21-36/h1-32H. The second-order valence-electron chi connectivity index (χ2n) is 12.9. The minimum atomic E-state index is 0.874. The van der Waals surface area contributed by atoms with Crippen LogP contribution in [0.4, 0.5) is 17.1 Å². The van der Waals surface area contributed by atoms with E-state index in [1.54, 1.807) is 0 Å². The summed E-state index contributed by atoms with van der Waals surface area (Å²) in [5, 5.41) is 4.47. The Kier molecular flexibility index (Phi) is 6.81. The Morgan fingerprint density at radius 3 is 1.78 bits per heavy atom. The highest BCUT2D eigenvalue weighted by atomic mass is 16.3. The zero-order chi connectivity index (χ0) is 33.7. The van der Waals surface area contributed by atoms with Gasteiger partial charge in [-0.05, 0) is 65.2 Å². The number of anilines is 3.